The van der Waals surface area contributed by atoms with Crippen molar-refractivity contribution < 1.29 is 42.8 Å². The third kappa shape index (κ3) is 10.7. The molecule has 0 amide bonds. The molecule has 1 radical (unpaired) electrons. The molecule has 5 rings (SSSR count). The van der Waals surface area contributed by atoms with E-state index < -0.39 is 23.3 Å². The molecule has 3 aromatic heterocycles. The van der Waals surface area contributed by atoms with Crippen molar-refractivity contribution in [3.63, 3.8) is 0 Å². The second kappa shape index (κ2) is 17.1. The Morgan fingerprint density at radius 3 is 1.53 bits per heavy atom. The summed E-state index contributed by atoms with van der Waals surface area (Å²) in [7, 11) is 1.94. The Morgan fingerprint density at radius 1 is 0.816 bits per heavy atom. The van der Waals surface area contributed by atoms with Crippen LogP contribution in [-0.2, 0) is 27.2 Å². The van der Waals surface area contributed by atoms with Gasteiger partial charge in [0.25, 0.3) is 6.26 Å². The summed E-state index contributed by atoms with van der Waals surface area (Å²) in [6, 6.07) is 19.1. The summed E-state index contributed by atoms with van der Waals surface area (Å²) in [5.74, 6) is -2.57. The summed E-state index contributed by atoms with van der Waals surface area (Å²) < 4.78 is 53.5. The number of imidazole rings is 1. The van der Waals surface area contributed by atoms with Crippen LogP contribution in [0, 0.1) is 46.9 Å². The normalized spacial score (nSPS) is 9.05. The molecule has 5 aromatic rings. The van der Waals surface area contributed by atoms with Gasteiger partial charge in [0.05, 0.1) is 6.33 Å². The van der Waals surface area contributed by atoms with Gasteiger partial charge in [-0.1, -0.05) is 47.5 Å². The summed E-state index contributed by atoms with van der Waals surface area (Å²) in [5, 5.41) is 13.8. The maximum absolute atomic E-state index is 13.2. The molecule has 0 spiro atoms. The average molecular weight is 698 g/mol. The Balaban J connectivity index is 0.000000284. The van der Waals surface area contributed by atoms with Crippen LogP contribution in [0.3, 0.4) is 0 Å². The molecule has 0 unspecified atom stereocenters. The van der Waals surface area contributed by atoms with Crippen LogP contribution in [0.1, 0.15) is 0 Å². The second-order valence-corrected chi connectivity index (χ2v) is 6.84. The molecule has 0 aliphatic rings. The maximum atomic E-state index is 13.2. The third-order valence-electron chi connectivity index (χ3n) is 4.19. The van der Waals surface area contributed by atoms with Crippen molar-refractivity contribution in [3.8, 4) is 28.8 Å². The molecule has 197 valence electrons. The van der Waals surface area contributed by atoms with E-state index in [0.717, 1.165) is 30.5 Å². The Bertz CT molecular complexity index is 1310. The Morgan fingerprint density at radius 2 is 1.26 bits per heavy atom. The Kier molecular flexibility index (Phi) is 14.3. The van der Waals surface area contributed by atoms with Crippen molar-refractivity contribution in [2.24, 2.45) is 7.05 Å². The van der Waals surface area contributed by atoms with Gasteiger partial charge in [-0.2, -0.15) is 5.26 Å². The first-order valence-electron chi connectivity index (χ1n) is 10.4. The molecule has 0 fully saturated rings. The average Bonchev–Trinajstić information content (AvgIpc) is 3.37. The van der Waals surface area contributed by atoms with Gasteiger partial charge in [0.1, 0.15) is 0 Å². The smallest absolute Gasteiger partial charge is 0.283 e. The minimum atomic E-state index is -0.649. The molecule has 0 bridgehead atoms. The summed E-state index contributed by atoms with van der Waals surface area (Å²) in [6.45, 7) is 0. The quantitative estimate of drug-likeness (QED) is 0.141. The van der Waals surface area contributed by atoms with E-state index >= 15 is 0 Å². The number of halogens is 4. The first-order chi connectivity index (χ1) is 17.8. The van der Waals surface area contributed by atoms with Gasteiger partial charge in [0.15, 0.2) is 0 Å². The molecule has 0 saturated carbocycles. The number of benzene rings is 2. The van der Waals surface area contributed by atoms with E-state index in [1.165, 1.54) is 0 Å². The summed E-state index contributed by atoms with van der Waals surface area (Å²) in [6.07, 6.45) is 9.23. The largest absolute Gasteiger partial charge is 0.443 e. The SMILES string of the molecule is Cn1ccnc1.Fc1c[c-]c(-c2ccccn2)c(F)c1.Fc1c[c-]c(-c2ccccn2)c(F)c1.N#CO.[Ir]. The van der Waals surface area contributed by atoms with E-state index in [2.05, 4.69) is 27.1 Å². The topological polar surface area (TPSA) is 87.6 Å². The first kappa shape index (κ1) is 31.6. The summed E-state index contributed by atoms with van der Waals surface area (Å²) in [4.78, 5) is 11.7. The summed E-state index contributed by atoms with van der Waals surface area (Å²) in [5.41, 5.74) is 1.27. The van der Waals surface area contributed by atoms with E-state index in [9.17, 15) is 17.6 Å². The number of aromatic nitrogens is 4. The molecule has 11 heteroatoms. The minimum absolute atomic E-state index is 0. The van der Waals surface area contributed by atoms with Crippen LogP contribution >= 0.6 is 0 Å². The fourth-order valence-corrected chi connectivity index (χ4v) is 2.63. The Hall–Kier alpha value is -4.39. The number of nitrogens with zero attached hydrogens (tertiary/aromatic N) is 5. The maximum Gasteiger partial charge on any atom is 0.283 e. The molecule has 2 aromatic carbocycles. The molecule has 3 heterocycles. The van der Waals surface area contributed by atoms with Crippen LogP contribution in [0.15, 0.2) is 91.8 Å². The zero-order valence-corrected chi connectivity index (χ0v) is 22.1. The van der Waals surface area contributed by atoms with Crippen LogP contribution in [0.5, 0.6) is 0 Å². The second-order valence-electron chi connectivity index (χ2n) is 6.84. The minimum Gasteiger partial charge on any atom is -0.443 e. The molecule has 38 heavy (non-hydrogen) atoms. The van der Waals surface area contributed by atoms with Crippen LogP contribution < -0.4 is 0 Å². The number of rotatable bonds is 2. The van der Waals surface area contributed by atoms with Crippen LogP contribution in [0.25, 0.3) is 22.5 Å². The molecule has 1 N–H and O–H groups in total. The standard InChI is InChI=1S/2C11H6F2N.C4H6N2.CHNO.Ir/c2*12-8-4-5-9(10(13)7-8)11-3-1-2-6-14-11;1-6-3-2-5-4-6;2-1-3;/h2*1-4,6-7H;2-4H,1H3;3H;/q2*-1;;;. The predicted octanol–water partition coefficient (Wildman–Crippen LogP) is 5.91. The molecule has 0 aliphatic heterocycles. The number of nitriles is 1. The zero-order chi connectivity index (χ0) is 27.0. The van der Waals surface area contributed by atoms with E-state index in [1.54, 1.807) is 61.3 Å². The molecular formula is C27H19F4IrN5O-2. The van der Waals surface area contributed by atoms with Gasteiger partial charge in [0.2, 0.25) is 0 Å². The fourth-order valence-electron chi connectivity index (χ4n) is 2.63. The van der Waals surface area contributed by atoms with Gasteiger partial charge < -0.3 is 19.6 Å². The van der Waals surface area contributed by atoms with Crippen molar-refractivity contribution in [3.05, 3.63) is 127 Å². The number of aryl methyl sites for hydroxylation is 1. The number of hydrogen-bond donors (Lipinski definition) is 1. The van der Waals surface area contributed by atoms with Crippen molar-refractivity contribution in [1.82, 2.24) is 19.5 Å². The molecule has 0 aliphatic carbocycles. The third-order valence-corrected chi connectivity index (χ3v) is 4.19. The van der Waals surface area contributed by atoms with Gasteiger partial charge in [-0.3, -0.25) is 17.6 Å². The monoisotopic (exact) mass is 698 g/mol. The fraction of sp³-hybridized carbons (Fsp3) is 0.0370. The molecular weight excluding hydrogens is 679 g/mol. The van der Waals surface area contributed by atoms with Crippen molar-refractivity contribution >= 4 is 0 Å². The van der Waals surface area contributed by atoms with Crippen LogP contribution in [0.2, 0.25) is 0 Å². The van der Waals surface area contributed by atoms with Gasteiger partial charge >= 0.3 is 0 Å². The summed E-state index contributed by atoms with van der Waals surface area (Å²) >= 11 is 0. The first-order valence-corrected chi connectivity index (χ1v) is 10.4. The van der Waals surface area contributed by atoms with E-state index in [-0.39, 0.29) is 31.2 Å². The van der Waals surface area contributed by atoms with E-state index in [0.29, 0.717) is 11.4 Å². The van der Waals surface area contributed by atoms with Gasteiger partial charge in [-0.25, -0.2) is 4.98 Å². The van der Waals surface area contributed by atoms with Gasteiger partial charge in [0, 0.05) is 75.2 Å². The predicted molar refractivity (Wildman–Crippen MR) is 128 cm³/mol. The van der Waals surface area contributed by atoms with Crippen molar-refractivity contribution in [2.45, 2.75) is 0 Å². The Labute approximate surface area is 230 Å². The number of aliphatic hydroxyl groups is 1. The number of hydrogen-bond acceptors (Lipinski definition) is 5. The number of aliphatic hydroxyl groups excluding tert-OH is 1. The van der Waals surface area contributed by atoms with Crippen molar-refractivity contribution in [2.75, 3.05) is 0 Å². The number of pyridine rings is 2. The van der Waals surface area contributed by atoms with Gasteiger partial charge in [-0.05, 0) is 23.5 Å². The van der Waals surface area contributed by atoms with Gasteiger partial charge in [-0.15, -0.1) is 24.3 Å². The van der Waals surface area contributed by atoms with E-state index in [1.807, 2.05) is 17.8 Å². The molecule has 0 atom stereocenters. The van der Waals surface area contributed by atoms with E-state index in [4.69, 9.17) is 10.4 Å². The zero-order valence-electron chi connectivity index (χ0n) is 19.7. The van der Waals surface area contributed by atoms with Crippen molar-refractivity contribution in [1.29, 1.82) is 5.26 Å². The molecule has 0 saturated heterocycles. The molecule has 6 nitrogen and oxygen atoms in total. The van der Waals surface area contributed by atoms with Crippen LogP contribution in [-0.4, -0.2) is 24.6 Å². The van der Waals surface area contributed by atoms with Crippen LogP contribution in [0.4, 0.5) is 17.6 Å².